The number of hydrogen-bond donors (Lipinski definition) is 1. The van der Waals surface area contributed by atoms with Crippen molar-refractivity contribution in [3.05, 3.63) is 16.6 Å². The molecular formula is C13H23N3OS. The van der Waals surface area contributed by atoms with Crippen LogP contribution in [0.3, 0.4) is 0 Å². The molecule has 1 aliphatic heterocycles. The van der Waals surface area contributed by atoms with Crippen LogP contribution in [-0.4, -0.2) is 58.2 Å². The summed E-state index contributed by atoms with van der Waals surface area (Å²) in [6.07, 6.45) is 0.907. The highest BCUT2D eigenvalue weighted by Crippen LogP contribution is 2.15. The Kier molecular flexibility index (Phi) is 5.12. The number of β-amino-alcohol motifs (C(OH)–C–C–N with tert-alkyl or cyclic N) is 1. The fraction of sp³-hybridized carbons (Fsp3) is 0.769. The Hall–Kier alpha value is -0.490. The van der Waals surface area contributed by atoms with Crippen LogP contribution in [0.4, 0.5) is 0 Å². The van der Waals surface area contributed by atoms with E-state index < -0.39 is 0 Å². The van der Waals surface area contributed by atoms with E-state index in [0.717, 1.165) is 39.1 Å². The third kappa shape index (κ3) is 3.75. The quantitative estimate of drug-likeness (QED) is 0.877. The van der Waals surface area contributed by atoms with E-state index in [1.165, 1.54) is 5.69 Å². The maximum atomic E-state index is 9.53. The van der Waals surface area contributed by atoms with Crippen LogP contribution in [0.2, 0.25) is 0 Å². The van der Waals surface area contributed by atoms with E-state index in [2.05, 4.69) is 27.1 Å². The lowest BCUT2D eigenvalue weighted by atomic mass is 10.1. The molecule has 2 atom stereocenters. The van der Waals surface area contributed by atoms with Crippen LogP contribution in [0.5, 0.6) is 0 Å². The van der Waals surface area contributed by atoms with Gasteiger partial charge in [0.2, 0.25) is 0 Å². The Morgan fingerprint density at radius 3 is 3.00 bits per heavy atom. The number of rotatable bonds is 5. The van der Waals surface area contributed by atoms with E-state index in [-0.39, 0.29) is 6.10 Å². The Labute approximate surface area is 113 Å². The van der Waals surface area contributed by atoms with Crippen molar-refractivity contribution in [2.24, 2.45) is 0 Å². The smallest absolute Gasteiger partial charge is 0.0795 e. The summed E-state index contributed by atoms with van der Waals surface area (Å²) in [5.74, 6) is 0. The Bertz CT molecular complexity index is 342. The molecule has 2 heterocycles. The molecule has 0 spiro atoms. The van der Waals surface area contributed by atoms with Gasteiger partial charge in [0.05, 0.1) is 17.3 Å². The van der Waals surface area contributed by atoms with Gasteiger partial charge in [0.25, 0.3) is 0 Å². The van der Waals surface area contributed by atoms with E-state index in [1.807, 2.05) is 12.4 Å². The third-order valence-electron chi connectivity index (χ3n) is 3.53. The topological polar surface area (TPSA) is 39.6 Å². The zero-order chi connectivity index (χ0) is 13.0. The lowest BCUT2D eigenvalue weighted by Crippen LogP contribution is -2.54. The number of aromatic nitrogens is 1. The molecule has 1 aromatic heterocycles. The lowest BCUT2D eigenvalue weighted by molar-refractivity contribution is 0.0334. The molecule has 1 aliphatic rings. The van der Waals surface area contributed by atoms with Gasteiger partial charge in [-0.3, -0.25) is 9.80 Å². The molecule has 18 heavy (non-hydrogen) atoms. The molecular weight excluding hydrogens is 246 g/mol. The number of hydrogen-bond acceptors (Lipinski definition) is 5. The molecule has 2 rings (SSSR count). The van der Waals surface area contributed by atoms with E-state index >= 15 is 0 Å². The Balaban J connectivity index is 1.87. The molecule has 0 amide bonds. The fourth-order valence-electron chi connectivity index (χ4n) is 2.61. The van der Waals surface area contributed by atoms with E-state index in [9.17, 15) is 5.11 Å². The van der Waals surface area contributed by atoms with Crippen LogP contribution < -0.4 is 0 Å². The molecule has 1 saturated heterocycles. The molecule has 1 fully saturated rings. The van der Waals surface area contributed by atoms with E-state index in [0.29, 0.717) is 6.04 Å². The normalized spacial score (nSPS) is 24.3. The van der Waals surface area contributed by atoms with Gasteiger partial charge in [-0.1, -0.05) is 6.92 Å². The number of thiazole rings is 1. The molecule has 4 nitrogen and oxygen atoms in total. The van der Waals surface area contributed by atoms with Gasteiger partial charge in [0.15, 0.2) is 0 Å². The minimum atomic E-state index is -0.232. The molecule has 0 unspecified atom stereocenters. The molecule has 102 valence electrons. The van der Waals surface area contributed by atoms with Crippen LogP contribution >= 0.6 is 11.3 Å². The monoisotopic (exact) mass is 269 g/mol. The summed E-state index contributed by atoms with van der Waals surface area (Å²) in [7, 11) is 0. The first kappa shape index (κ1) is 13.9. The van der Waals surface area contributed by atoms with Crippen LogP contribution in [0.1, 0.15) is 26.0 Å². The summed E-state index contributed by atoms with van der Waals surface area (Å²) in [6, 6.07) is 0.562. The van der Waals surface area contributed by atoms with Gasteiger partial charge in [-0.2, -0.15) is 0 Å². The fourth-order valence-corrected chi connectivity index (χ4v) is 3.16. The first-order valence-electron chi connectivity index (χ1n) is 6.70. The average molecular weight is 269 g/mol. The lowest BCUT2D eigenvalue weighted by Gasteiger charge is -2.41. The summed E-state index contributed by atoms with van der Waals surface area (Å²) in [4.78, 5) is 9.24. The summed E-state index contributed by atoms with van der Waals surface area (Å²) in [5.41, 5.74) is 3.08. The molecule has 0 saturated carbocycles. The predicted octanol–water partition coefficient (Wildman–Crippen LogP) is 1.42. The largest absolute Gasteiger partial charge is 0.392 e. The van der Waals surface area contributed by atoms with E-state index in [1.54, 1.807) is 11.3 Å². The van der Waals surface area contributed by atoms with Gasteiger partial charge in [0.1, 0.15) is 0 Å². The summed E-state index contributed by atoms with van der Waals surface area (Å²) in [6.45, 7) is 9.06. The summed E-state index contributed by atoms with van der Waals surface area (Å²) >= 11 is 1.66. The minimum absolute atomic E-state index is 0.232. The van der Waals surface area contributed by atoms with Crippen molar-refractivity contribution >= 4 is 11.3 Å². The second kappa shape index (κ2) is 6.61. The molecule has 0 bridgehead atoms. The van der Waals surface area contributed by atoms with E-state index in [4.69, 9.17) is 0 Å². The Morgan fingerprint density at radius 2 is 2.39 bits per heavy atom. The number of piperazine rings is 1. The summed E-state index contributed by atoms with van der Waals surface area (Å²) < 4.78 is 0. The van der Waals surface area contributed by atoms with Crippen molar-refractivity contribution < 1.29 is 5.11 Å². The third-order valence-corrected chi connectivity index (χ3v) is 4.16. The van der Waals surface area contributed by atoms with Gasteiger partial charge in [-0.25, -0.2) is 4.98 Å². The molecule has 1 aromatic rings. The van der Waals surface area contributed by atoms with Crippen molar-refractivity contribution in [2.45, 2.75) is 39.0 Å². The highest BCUT2D eigenvalue weighted by molar-refractivity contribution is 7.07. The van der Waals surface area contributed by atoms with Crippen LogP contribution in [0, 0.1) is 0 Å². The predicted molar refractivity (Wildman–Crippen MR) is 74.7 cm³/mol. The molecule has 5 heteroatoms. The number of aliphatic hydroxyl groups excluding tert-OH is 1. The van der Waals surface area contributed by atoms with Crippen LogP contribution in [0.15, 0.2) is 10.9 Å². The first-order valence-corrected chi connectivity index (χ1v) is 7.64. The number of nitrogens with zero attached hydrogens (tertiary/aromatic N) is 3. The van der Waals surface area contributed by atoms with Gasteiger partial charge in [0, 0.05) is 44.1 Å². The SMILES string of the molecule is CC[C@H]1CN(Cc2cscn2)CCN1C[C@@H](C)O. The van der Waals surface area contributed by atoms with Gasteiger partial charge >= 0.3 is 0 Å². The second-order valence-electron chi connectivity index (χ2n) is 5.12. The highest BCUT2D eigenvalue weighted by atomic mass is 32.1. The molecule has 0 aliphatic carbocycles. The Morgan fingerprint density at radius 1 is 1.56 bits per heavy atom. The zero-order valence-electron chi connectivity index (χ0n) is 11.2. The maximum Gasteiger partial charge on any atom is 0.0795 e. The van der Waals surface area contributed by atoms with Crippen molar-refractivity contribution in [3.8, 4) is 0 Å². The van der Waals surface area contributed by atoms with Gasteiger partial charge in [-0.05, 0) is 13.3 Å². The molecule has 0 aromatic carbocycles. The van der Waals surface area contributed by atoms with Crippen LogP contribution in [-0.2, 0) is 6.54 Å². The minimum Gasteiger partial charge on any atom is -0.392 e. The van der Waals surface area contributed by atoms with Crippen LogP contribution in [0.25, 0.3) is 0 Å². The van der Waals surface area contributed by atoms with Gasteiger partial charge in [-0.15, -0.1) is 11.3 Å². The van der Waals surface area contributed by atoms with Crippen molar-refractivity contribution in [2.75, 3.05) is 26.2 Å². The zero-order valence-corrected chi connectivity index (χ0v) is 12.1. The van der Waals surface area contributed by atoms with Crippen molar-refractivity contribution in [1.29, 1.82) is 0 Å². The van der Waals surface area contributed by atoms with Crippen molar-refractivity contribution in [3.63, 3.8) is 0 Å². The first-order chi connectivity index (χ1) is 8.69. The molecule has 0 radical (unpaired) electrons. The van der Waals surface area contributed by atoms with Gasteiger partial charge < -0.3 is 5.11 Å². The summed E-state index contributed by atoms with van der Waals surface area (Å²) in [5, 5.41) is 11.7. The maximum absolute atomic E-state index is 9.53. The highest BCUT2D eigenvalue weighted by Gasteiger charge is 2.26. The average Bonchev–Trinajstić information content (AvgIpc) is 2.83. The standard InChI is InChI=1S/C13H23N3OS/c1-3-13-8-15(7-12-9-18-10-14-12)4-5-16(13)6-11(2)17/h9-11,13,17H,3-8H2,1-2H3/t11-,13+/m1/s1. The second-order valence-corrected chi connectivity index (χ2v) is 5.84. The van der Waals surface area contributed by atoms with Crippen molar-refractivity contribution in [1.82, 2.24) is 14.8 Å². The number of aliphatic hydroxyl groups is 1. The molecule has 1 N–H and O–H groups in total.